The Hall–Kier alpha value is 3.21. The number of hydrogen-bond acceptors (Lipinski definition) is 0. The molecule has 0 fully saturated rings. The fourth-order valence-electron chi connectivity index (χ4n) is 0. The minimum Gasteiger partial charge on any atom is 2.00 e. The maximum absolute atomic E-state index is 0. The van der Waals surface area contributed by atoms with Gasteiger partial charge >= 0.3 is 100.0 Å². The third-order valence-electron chi connectivity index (χ3n) is 0. The van der Waals surface area contributed by atoms with Gasteiger partial charge in [-0.15, -0.1) is 0 Å². The second kappa shape index (κ2) is 27.0. The van der Waals surface area contributed by atoms with Gasteiger partial charge in [0.05, 0.1) is 0 Å². The monoisotopic (exact) mass is 580 g/mol. The molecule has 0 rings (SSSR count). The molecule has 25 valence electrons. The Morgan fingerprint density at radius 3 is 1.00 bits per heavy atom. The summed E-state index contributed by atoms with van der Waals surface area (Å²) in [6.07, 6.45) is 0. The van der Waals surface area contributed by atoms with Crippen molar-refractivity contribution in [3.63, 3.8) is 0 Å². The molecule has 0 saturated heterocycles. The summed E-state index contributed by atoms with van der Waals surface area (Å²) in [6, 6.07) is 0. The summed E-state index contributed by atoms with van der Waals surface area (Å²) in [5.74, 6) is 0. The zero-order valence-electron chi connectivity index (χ0n) is 1.95. The van der Waals surface area contributed by atoms with Crippen molar-refractivity contribution in [3.8, 4) is 0 Å². The smallest absolute Gasteiger partial charge is 2.00 e. The van der Waals surface area contributed by atoms with Gasteiger partial charge in [-0.2, -0.15) is 0 Å². The van der Waals surface area contributed by atoms with E-state index in [0.717, 1.165) is 0 Å². The van der Waals surface area contributed by atoms with E-state index in [9.17, 15) is 0 Å². The van der Waals surface area contributed by atoms with Crippen LogP contribution in [0.15, 0.2) is 0 Å². The van der Waals surface area contributed by atoms with Crippen molar-refractivity contribution in [1.29, 1.82) is 0 Å². The van der Waals surface area contributed by atoms with E-state index in [2.05, 4.69) is 0 Å². The zero-order valence-corrected chi connectivity index (χ0v) is 12.0. The Morgan fingerprint density at radius 1 is 1.00 bits per heavy atom. The van der Waals surface area contributed by atoms with Crippen molar-refractivity contribution in [2.75, 3.05) is 0 Å². The van der Waals surface area contributed by atoms with Gasteiger partial charge in [-0.3, -0.25) is 0 Å². The van der Waals surface area contributed by atoms with Crippen LogP contribution in [0.1, 0.15) is 0 Å². The molecule has 0 aromatic rings. The van der Waals surface area contributed by atoms with Crippen molar-refractivity contribution >= 4 is 0 Å². The Labute approximate surface area is 98.2 Å². The standard InChI is InChI=1S/Co.Cr.Nb.Pt.Ta/q5*+2. The van der Waals surface area contributed by atoms with Gasteiger partial charge in [0.15, 0.2) is 0 Å². The van der Waals surface area contributed by atoms with E-state index < -0.39 is 0 Å². The van der Waals surface area contributed by atoms with Crippen LogP contribution in [0.4, 0.5) is 0 Å². The zero-order chi connectivity index (χ0) is 0. The van der Waals surface area contributed by atoms with Crippen LogP contribution in [-0.2, 0) is 100.0 Å². The minimum absolute atomic E-state index is 0. The number of rotatable bonds is 0. The van der Waals surface area contributed by atoms with Gasteiger partial charge < -0.3 is 0 Å². The second-order valence-corrected chi connectivity index (χ2v) is 0. The molecule has 0 aliphatic heterocycles. The molecule has 3 radical (unpaired) electrons. The van der Waals surface area contributed by atoms with Crippen molar-refractivity contribution in [1.82, 2.24) is 0 Å². The fourth-order valence-corrected chi connectivity index (χ4v) is 0. The molecule has 0 aliphatic rings. The Bertz CT molecular complexity index is 11.6. The van der Waals surface area contributed by atoms with Crippen LogP contribution in [0.25, 0.3) is 0 Å². The summed E-state index contributed by atoms with van der Waals surface area (Å²) in [5, 5.41) is 0. The van der Waals surface area contributed by atoms with Crippen molar-refractivity contribution in [2.45, 2.75) is 0 Å². The van der Waals surface area contributed by atoms with Crippen molar-refractivity contribution in [3.05, 3.63) is 0 Å². The predicted octanol–water partition coefficient (Wildman–Crippen LogP) is -0.0125. The normalized spacial score (nSPS) is 0. The van der Waals surface area contributed by atoms with Crippen LogP contribution >= 0.6 is 0 Å². The van der Waals surface area contributed by atoms with Crippen LogP contribution in [0, 0.1) is 0 Å². The molecule has 0 saturated carbocycles. The van der Waals surface area contributed by atoms with Gasteiger partial charge in [0.25, 0.3) is 0 Å². The molecular weight excluding hydrogens is 580 g/mol. The van der Waals surface area contributed by atoms with Gasteiger partial charge in [-0.1, -0.05) is 0 Å². The van der Waals surface area contributed by atoms with Gasteiger partial charge in [-0.05, 0) is 0 Å². The van der Waals surface area contributed by atoms with E-state index in [0.29, 0.717) is 0 Å². The summed E-state index contributed by atoms with van der Waals surface area (Å²) in [5.41, 5.74) is 0. The first-order chi connectivity index (χ1) is 0. The first-order valence-electron chi connectivity index (χ1n) is 0. The van der Waals surface area contributed by atoms with Crippen LogP contribution in [0.3, 0.4) is 0 Å². The molecular formula is CoCrNbPtTa+10. The largest absolute Gasteiger partial charge is 2.00 e. The topological polar surface area (TPSA) is 0 Å². The number of hydrogen-bond donors (Lipinski definition) is 0. The van der Waals surface area contributed by atoms with Crippen LogP contribution < -0.4 is 0 Å². The minimum atomic E-state index is 0. The summed E-state index contributed by atoms with van der Waals surface area (Å²) in [4.78, 5) is 0. The third-order valence-corrected chi connectivity index (χ3v) is 0. The Morgan fingerprint density at radius 2 is 1.00 bits per heavy atom. The first kappa shape index (κ1) is 41.4. The molecule has 0 N–H and O–H groups in total. The summed E-state index contributed by atoms with van der Waals surface area (Å²) < 4.78 is 0. The Balaban J connectivity index is 0. The maximum atomic E-state index is 0. The molecule has 0 spiro atoms. The molecule has 5 heteroatoms. The fraction of sp³-hybridized carbons (Fsp3) is 0. The van der Waals surface area contributed by atoms with E-state index in [1.54, 1.807) is 0 Å². The second-order valence-electron chi connectivity index (χ2n) is 0. The van der Waals surface area contributed by atoms with E-state index in [4.69, 9.17) is 0 Å². The summed E-state index contributed by atoms with van der Waals surface area (Å²) in [7, 11) is 0. The molecule has 0 unspecified atom stereocenters. The van der Waals surface area contributed by atoms with E-state index in [1.807, 2.05) is 0 Å². The van der Waals surface area contributed by atoms with Gasteiger partial charge in [0.2, 0.25) is 0 Å². The average molecular weight is 580 g/mol. The van der Waals surface area contributed by atoms with Gasteiger partial charge in [-0.25, -0.2) is 0 Å². The molecule has 0 nitrogen and oxygen atoms in total. The molecule has 0 aromatic carbocycles. The molecule has 0 aromatic heterocycles. The van der Waals surface area contributed by atoms with Crippen molar-refractivity contribution in [2.24, 2.45) is 0 Å². The predicted molar refractivity (Wildman–Crippen MR) is 0 cm³/mol. The first-order valence-corrected chi connectivity index (χ1v) is 0. The average Bonchev–Trinajstić information content (AvgIpc) is 0. The Kier molecular flexibility index (Phi) is 224. The van der Waals surface area contributed by atoms with Crippen LogP contribution in [0.5, 0.6) is 0 Å². The van der Waals surface area contributed by atoms with Crippen molar-refractivity contribution < 1.29 is 100.0 Å². The van der Waals surface area contributed by atoms with Crippen LogP contribution in [0.2, 0.25) is 0 Å². The van der Waals surface area contributed by atoms with E-state index in [-0.39, 0.29) is 100.0 Å². The van der Waals surface area contributed by atoms with Gasteiger partial charge in [0, 0.05) is 0 Å². The molecule has 0 aliphatic carbocycles. The molecule has 0 bridgehead atoms. The molecule has 5 heavy (non-hydrogen) atoms. The molecule has 0 atom stereocenters. The van der Waals surface area contributed by atoms with Gasteiger partial charge in [0.1, 0.15) is 0 Å². The van der Waals surface area contributed by atoms with Crippen LogP contribution in [-0.4, -0.2) is 0 Å². The third kappa shape index (κ3) is 19.0. The van der Waals surface area contributed by atoms with E-state index >= 15 is 0 Å². The molecule has 0 amide bonds. The summed E-state index contributed by atoms with van der Waals surface area (Å²) in [6.45, 7) is 0. The van der Waals surface area contributed by atoms with E-state index in [1.165, 1.54) is 0 Å². The maximum Gasteiger partial charge on any atom is 2.00 e. The SMILES string of the molecule is [Co+2].[Cr+2].[Nb+2].[Pt+2].[Ta+2]. The molecule has 0 heterocycles. The quantitative estimate of drug-likeness (QED) is 0.355. The summed E-state index contributed by atoms with van der Waals surface area (Å²) >= 11 is 0.